The molecule has 1 atom stereocenters. The average Bonchev–Trinajstić information content (AvgIpc) is 2.75. The molecule has 7 nitrogen and oxygen atoms in total. The first kappa shape index (κ1) is 24.9. The van der Waals surface area contributed by atoms with Gasteiger partial charge in [0.1, 0.15) is 5.82 Å². The molecule has 3 N–H and O–H groups in total. The largest absolute Gasteiger partial charge is 0.349 e. The molecule has 2 amide bonds. The number of anilines is 1. The minimum atomic E-state index is -3.72. The second kappa shape index (κ2) is 10.4. The number of carbonyl (C=O) groups is 2. The first-order valence-electron chi connectivity index (χ1n) is 11.0. The van der Waals surface area contributed by atoms with Gasteiger partial charge in [-0.3, -0.25) is 9.59 Å². The minimum absolute atomic E-state index is 0.0719. The van der Waals surface area contributed by atoms with E-state index in [9.17, 15) is 22.4 Å². The number of amides is 2. The van der Waals surface area contributed by atoms with Gasteiger partial charge < -0.3 is 10.6 Å². The minimum Gasteiger partial charge on any atom is -0.349 e. The summed E-state index contributed by atoms with van der Waals surface area (Å²) < 4.78 is 41.5. The van der Waals surface area contributed by atoms with E-state index in [1.807, 2.05) is 6.92 Å². The Bertz CT molecular complexity index is 1110. The molecule has 1 aliphatic rings. The maximum atomic E-state index is 13.1. The van der Waals surface area contributed by atoms with E-state index in [1.165, 1.54) is 31.2 Å². The van der Waals surface area contributed by atoms with Crippen molar-refractivity contribution in [3.8, 4) is 0 Å². The number of rotatable bonds is 7. The van der Waals surface area contributed by atoms with Gasteiger partial charge in [0.15, 0.2) is 0 Å². The van der Waals surface area contributed by atoms with Crippen LogP contribution in [0, 0.1) is 18.7 Å². The number of hydrogen-bond donors (Lipinski definition) is 3. The van der Waals surface area contributed by atoms with Gasteiger partial charge in [-0.25, -0.2) is 17.5 Å². The Hall–Kier alpha value is -2.78. The van der Waals surface area contributed by atoms with Crippen molar-refractivity contribution >= 4 is 27.5 Å². The predicted octanol–water partition coefficient (Wildman–Crippen LogP) is 3.81. The fourth-order valence-electron chi connectivity index (χ4n) is 4.06. The summed E-state index contributed by atoms with van der Waals surface area (Å²) in [5, 5.41) is 5.64. The smallest absolute Gasteiger partial charge is 0.240 e. The summed E-state index contributed by atoms with van der Waals surface area (Å²) in [7, 11) is -3.72. The van der Waals surface area contributed by atoms with Crippen molar-refractivity contribution in [3.05, 3.63) is 59.4 Å². The third-order valence-corrected chi connectivity index (χ3v) is 7.49. The maximum Gasteiger partial charge on any atom is 0.240 e. The molecular formula is C24H30FN3O4S. The molecule has 0 spiro atoms. The second-order valence-corrected chi connectivity index (χ2v) is 10.3. The van der Waals surface area contributed by atoms with E-state index in [4.69, 9.17) is 0 Å². The van der Waals surface area contributed by atoms with Gasteiger partial charge in [-0.2, -0.15) is 0 Å². The number of hydrogen-bond acceptors (Lipinski definition) is 4. The van der Waals surface area contributed by atoms with Gasteiger partial charge in [-0.1, -0.05) is 12.1 Å². The highest BCUT2D eigenvalue weighted by Gasteiger charge is 2.30. The average molecular weight is 476 g/mol. The van der Waals surface area contributed by atoms with Gasteiger partial charge in [-0.05, 0) is 81.0 Å². The Morgan fingerprint density at radius 2 is 1.67 bits per heavy atom. The van der Waals surface area contributed by atoms with E-state index in [1.54, 1.807) is 25.1 Å². The standard InChI is InChI=1S/C24H30FN3O4S/c1-15-14-22(12-13-23(15)27-17(3)29)33(31,32)28-21-10-6-19(7-11-21)24(30)26-16(2)18-4-8-20(25)9-5-18/h4-5,8-9,12-14,16,19,21,28H,6-7,10-11H2,1-3H3,(H,26,30)(H,27,29). The Labute approximate surface area is 194 Å². The summed E-state index contributed by atoms with van der Waals surface area (Å²) in [6.07, 6.45) is 2.28. The molecule has 1 fully saturated rings. The molecule has 2 aromatic rings. The summed E-state index contributed by atoms with van der Waals surface area (Å²) in [4.78, 5) is 24.0. The Morgan fingerprint density at radius 1 is 1.03 bits per heavy atom. The van der Waals surface area contributed by atoms with Crippen LogP contribution in [0.15, 0.2) is 47.4 Å². The quantitative estimate of drug-likeness (QED) is 0.566. The van der Waals surface area contributed by atoms with Crippen LogP contribution in [0.1, 0.15) is 56.7 Å². The normalized spacial score (nSPS) is 19.5. The van der Waals surface area contributed by atoms with Crippen LogP contribution in [0.5, 0.6) is 0 Å². The third-order valence-electron chi connectivity index (χ3n) is 5.97. The molecule has 1 aliphatic carbocycles. The SMILES string of the molecule is CC(=O)Nc1ccc(S(=O)(=O)NC2CCC(C(=O)NC(C)c3ccc(F)cc3)CC2)cc1C. The Balaban J connectivity index is 1.54. The fraction of sp³-hybridized carbons (Fsp3) is 0.417. The van der Waals surface area contributed by atoms with Crippen LogP contribution in [-0.2, 0) is 19.6 Å². The van der Waals surface area contributed by atoms with Gasteiger partial charge in [0.25, 0.3) is 0 Å². The number of benzene rings is 2. The van der Waals surface area contributed by atoms with Gasteiger partial charge in [0, 0.05) is 24.6 Å². The predicted molar refractivity (Wildman–Crippen MR) is 125 cm³/mol. The molecule has 0 saturated heterocycles. The Kier molecular flexibility index (Phi) is 7.86. The third kappa shape index (κ3) is 6.61. The molecule has 1 unspecified atom stereocenters. The van der Waals surface area contributed by atoms with Crippen molar-refractivity contribution in [2.75, 3.05) is 5.32 Å². The molecule has 178 valence electrons. The van der Waals surface area contributed by atoms with Crippen LogP contribution in [0.2, 0.25) is 0 Å². The van der Waals surface area contributed by atoms with E-state index >= 15 is 0 Å². The van der Waals surface area contributed by atoms with Crippen LogP contribution in [0.4, 0.5) is 10.1 Å². The highest BCUT2D eigenvalue weighted by Crippen LogP contribution is 2.27. The lowest BCUT2D eigenvalue weighted by Crippen LogP contribution is -2.41. The van der Waals surface area contributed by atoms with Gasteiger partial charge in [0.05, 0.1) is 10.9 Å². The first-order chi connectivity index (χ1) is 15.5. The maximum absolute atomic E-state index is 13.1. The summed E-state index contributed by atoms with van der Waals surface area (Å²) in [5.74, 6) is -0.804. The molecule has 0 radical (unpaired) electrons. The van der Waals surface area contributed by atoms with Crippen molar-refractivity contribution < 1.29 is 22.4 Å². The lowest BCUT2D eigenvalue weighted by atomic mass is 9.85. The molecule has 0 aromatic heterocycles. The zero-order chi connectivity index (χ0) is 24.2. The fourth-order valence-corrected chi connectivity index (χ4v) is 5.45. The molecule has 0 bridgehead atoms. The Morgan fingerprint density at radius 3 is 2.24 bits per heavy atom. The molecular weight excluding hydrogens is 445 g/mol. The van der Waals surface area contributed by atoms with E-state index in [0.717, 1.165) is 5.56 Å². The van der Waals surface area contributed by atoms with Crippen molar-refractivity contribution in [3.63, 3.8) is 0 Å². The van der Waals surface area contributed by atoms with E-state index in [2.05, 4.69) is 15.4 Å². The molecule has 2 aromatic carbocycles. The number of nitrogens with one attached hydrogen (secondary N) is 3. The van der Waals surface area contributed by atoms with Crippen molar-refractivity contribution in [2.45, 2.75) is 63.4 Å². The number of aryl methyl sites for hydroxylation is 1. The van der Waals surface area contributed by atoms with Crippen molar-refractivity contribution in [1.29, 1.82) is 0 Å². The van der Waals surface area contributed by atoms with Crippen LogP contribution >= 0.6 is 0 Å². The second-order valence-electron chi connectivity index (χ2n) is 8.61. The molecule has 9 heteroatoms. The monoisotopic (exact) mass is 475 g/mol. The highest BCUT2D eigenvalue weighted by molar-refractivity contribution is 7.89. The zero-order valence-electron chi connectivity index (χ0n) is 19.0. The van der Waals surface area contributed by atoms with Gasteiger partial charge in [-0.15, -0.1) is 0 Å². The van der Waals surface area contributed by atoms with E-state index < -0.39 is 10.0 Å². The van der Waals surface area contributed by atoms with Crippen LogP contribution in [-0.4, -0.2) is 26.3 Å². The summed E-state index contributed by atoms with van der Waals surface area (Å²) in [5.41, 5.74) is 2.05. The van der Waals surface area contributed by atoms with Crippen LogP contribution in [0.25, 0.3) is 0 Å². The summed E-state index contributed by atoms with van der Waals surface area (Å²) in [6.45, 7) is 4.98. The molecule has 0 aliphatic heterocycles. The van der Waals surface area contributed by atoms with Crippen LogP contribution in [0.3, 0.4) is 0 Å². The highest BCUT2D eigenvalue weighted by atomic mass is 32.2. The number of halogens is 1. The van der Waals surface area contributed by atoms with Gasteiger partial charge >= 0.3 is 0 Å². The summed E-state index contributed by atoms with van der Waals surface area (Å²) >= 11 is 0. The summed E-state index contributed by atoms with van der Waals surface area (Å²) in [6, 6.07) is 10.1. The lowest BCUT2D eigenvalue weighted by molar-refractivity contribution is -0.126. The molecule has 1 saturated carbocycles. The first-order valence-corrected chi connectivity index (χ1v) is 12.5. The van der Waals surface area contributed by atoms with Gasteiger partial charge in [0.2, 0.25) is 21.8 Å². The number of sulfonamides is 1. The topological polar surface area (TPSA) is 104 Å². The molecule has 3 rings (SSSR count). The van der Waals surface area contributed by atoms with E-state index in [0.29, 0.717) is 36.9 Å². The zero-order valence-corrected chi connectivity index (χ0v) is 19.8. The van der Waals surface area contributed by atoms with Crippen LogP contribution < -0.4 is 15.4 Å². The molecule has 33 heavy (non-hydrogen) atoms. The lowest BCUT2D eigenvalue weighted by Gasteiger charge is -2.29. The van der Waals surface area contributed by atoms with Crippen molar-refractivity contribution in [1.82, 2.24) is 10.0 Å². The van der Waals surface area contributed by atoms with Crippen molar-refractivity contribution in [2.24, 2.45) is 5.92 Å². The van der Waals surface area contributed by atoms with E-state index in [-0.39, 0.29) is 40.5 Å². The molecule has 0 heterocycles. The number of carbonyl (C=O) groups excluding carboxylic acids is 2.